The first-order chi connectivity index (χ1) is 26.7. The van der Waals surface area contributed by atoms with Crippen molar-refractivity contribution in [1.82, 2.24) is 0 Å². The molecule has 276 valence electrons. The number of benzene rings is 5. The minimum atomic E-state index is -0.837. The SMILES string of the molecule is CC1(Cc2ccccc2)C(/C=C/C=C2/N(CCC(=O)O)c3ccc4ccccc4c3C2(C)CC2=CCCC=C2)=[N+](CCC(=O)O)c2ccc3ccccc3c21. The molecule has 8 rings (SSSR count). The third kappa shape index (κ3) is 6.60. The number of carbonyl (C=O) groups is 2. The molecular formula is C49H47N2O4+. The summed E-state index contributed by atoms with van der Waals surface area (Å²) in [7, 11) is 0. The Bertz CT molecular complexity index is 2490. The van der Waals surface area contributed by atoms with Gasteiger partial charge in [-0.15, -0.1) is 0 Å². The van der Waals surface area contributed by atoms with Gasteiger partial charge in [-0.1, -0.05) is 115 Å². The van der Waals surface area contributed by atoms with Crippen LogP contribution in [0.25, 0.3) is 21.5 Å². The standard InChI is InChI=1S/C49H46N2O4/c1-48(32-34-14-5-3-6-15-34)42(50(30-28-44(52)53)40-26-24-36-18-9-11-20-38(36)46(40)48)22-13-23-43-49(2,33-35-16-7-4-8-17-35)47-39-21-12-10-19-37(39)25-27-41(47)51(43)31-29-45(54)55/h3,5-7,9-27H,4,8,28-33H2,1-2H3,(H-,52,53,54,55)/p+1. The molecule has 6 heteroatoms. The molecular weight excluding hydrogens is 681 g/mol. The summed E-state index contributed by atoms with van der Waals surface area (Å²) in [6, 6.07) is 36.1. The fourth-order valence-electron chi connectivity index (χ4n) is 9.49. The molecule has 0 radical (unpaired) electrons. The highest BCUT2D eigenvalue weighted by atomic mass is 16.4. The van der Waals surface area contributed by atoms with E-state index in [0.717, 1.165) is 59.2 Å². The summed E-state index contributed by atoms with van der Waals surface area (Å²) in [4.78, 5) is 26.4. The predicted molar refractivity (Wildman–Crippen MR) is 223 cm³/mol. The number of fused-ring (bicyclic) bond motifs is 6. The Morgan fingerprint density at radius 2 is 1.42 bits per heavy atom. The van der Waals surface area contributed by atoms with Crippen molar-refractivity contribution < 1.29 is 24.4 Å². The fraction of sp³-hybridized carbons (Fsp3) is 0.245. The van der Waals surface area contributed by atoms with E-state index < -0.39 is 22.8 Å². The molecule has 2 atom stereocenters. The van der Waals surface area contributed by atoms with E-state index in [1.165, 1.54) is 33.0 Å². The second-order valence-corrected chi connectivity index (χ2v) is 15.5. The summed E-state index contributed by atoms with van der Waals surface area (Å²) >= 11 is 0. The van der Waals surface area contributed by atoms with Crippen LogP contribution in [-0.2, 0) is 26.8 Å². The van der Waals surface area contributed by atoms with Crippen molar-refractivity contribution in [2.75, 3.05) is 18.0 Å². The van der Waals surface area contributed by atoms with Gasteiger partial charge in [-0.25, -0.2) is 0 Å². The minimum absolute atomic E-state index is 0.00182. The summed E-state index contributed by atoms with van der Waals surface area (Å²) < 4.78 is 2.21. The second kappa shape index (κ2) is 14.7. The molecule has 0 fully saturated rings. The van der Waals surface area contributed by atoms with Gasteiger partial charge >= 0.3 is 11.9 Å². The molecule has 2 unspecified atom stereocenters. The highest BCUT2D eigenvalue weighted by Gasteiger charge is 2.49. The van der Waals surface area contributed by atoms with E-state index in [-0.39, 0.29) is 12.8 Å². The van der Waals surface area contributed by atoms with Crippen LogP contribution in [0.15, 0.2) is 151 Å². The van der Waals surface area contributed by atoms with Crippen molar-refractivity contribution in [2.45, 2.75) is 63.2 Å². The zero-order valence-electron chi connectivity index (χ0n) is 31.5. The van der Waals surface area contributed by atoms with E-state index in [1.54, 1.807) is 0 Å². The maximum atomic E-state index is 12.1. The number of carboxylic acids is 2. The smallest absolute Gasteiger partial charge is 0.309 e. The van der Waals surface area contributed by atoms with Crippen LogP contribution in [0, 0.1) is 0 Å². The van der Waals surface area contributed by atoms with E-state index >= 15 is 0 Å². The number of hydrogen-bond donors (Lipinski definition) is 2. The van der Waals surface area contributed by atoms with Crippen LogP contribution in [0.4, 0.5) is 11.4 Å². The maximum absolute atomic E-state index is 12.1. The molecule has 6 nitrogen and oxygen atoms in total. The number of aliphatic carboxylic acids is 2. The molecule has 5 aromatic carbocycles. The average Bonchev–Trinajstić information content (AvgIpc) is 3.57. The number of carboxylic acid groups (broad SMARTS) is 2. The molecule has 0 saturated carbocycles. The first kappa shape index (κ1) is 36.0. The van der Waals surface area contributed by atoms with Crippen molar-refractivity contribution >= 4 is 50.6 Å². The number of rotatable bonds is 12. The van der Waals surface area contributed by atoms with Crippen LogP contribution < -0.4 is 4.90 Å². The van der Waals surface area contributed by atoms with Gasteiger partial charge in [-0.05, 0) is 90.4 Å². The summed E-state index contributed by atoms with van der Waals surface area (Å²) in [6.45, 7) is 5.28. The Hall–Kier alpha value is -6.01. The maximum Gasteiger partial charge on any atom is 0.309 e. The third-order valence-electron chi connectivity index (χ3n) is 11.8. The van der Waals surface area contributed by atoms with Crippen LogP contribution in [-0.4, -0.2) is 45.5 Å². The van der Waals surface area contributed by atoms with Gasteiger partial charge in [-0.3, -0.25) is 9.59 Å². The average molecular weight is 728 g/mol. The van der Waals surface area contributed by atoms with Crippen LogP contribution in [0.5, 0.6) is 0 Å². The van der Waals surface area contributed by atoms with Gasteiger partial charge in [0.2, 0.25) is 5.69 Å². The molecule has 1 aliphatic carbocycles. The molecule has 2 heterocycles. The highest BCUT2D eigenvalue weighted by Crippen LogP contribution is 2.54. The first-order valence-electron chi connectivity index (χ1n) is 19.4. The molecule has 0 saturated heterocycles. The van der Waals surface area contributed by atoms with Crippen molar-refractivity contribution in [3.8, 4) is 0 Å². The van der Waals surface area contributed by atoms with Gasteiger partial charge in [0.05, 0.1) is 11.8 Å². The molecule has 0 spiro atoms. The van der Waals surface area contributed by atoms with E-state index in [9.17, 15) is 19.8 Å². The van der Waals surface area contributed by atoms with Gasteiger partial charge in [0, 0.05) is 41.1 Å². The van der Waals surface area contributed by atoms with Crippen molar-refractivity contribution in [3.63, 3.8) is 0 Å². The topological polar surface area (TPSA) is 80.9 Å². The number of allylic oxidation sites excluding steroid dienone is 8. The van der Waals surface area contributed by atoms with Crippen molar-refractivity contribution in [2.24, 2.45) is 0 Å². The Morgan fingerprint density at radius 3 is 2.11 bits per heavy atom. The normalized spacial score (nSPS) is 21.2. The zero-order valence-corrected chi connectivity index (χ0v) is 31.5. The zero-order chi connectivity index (χ0) is 38.2. The largest absolute Gasteiger partial charge is 0.481 e. The summed E-state index contributed by atoms with van der Waals surface area (Å²) in [5.41, 5.74) is 8.15. The lowest BCUT2D eigenvalue weighted by atomic mass is 9.72. The highest BCUT2D eigenvalue weighted by molar-refractivity contribution is 6.08. The van der Waals surface area contributed by atoms with Crippen LogP contribution >= 0.6 is 0 Å². The fourth-order valence-corrected chi connectivity index (χ4v) is 9.49. The predicted octanol–water partition coefficient (Wildman–Crippen LogP) is 10.4. The Balaban J connectivity index is 1.32. The molecule has 55 heavy (non-hydrogen) atoms. The van der Waals surface area contributed by atoms with E-state index in [0.29, 0.717) is 13.1 Å². The Morgan fingerprint density at radius 1 is 0.745 bits per heavy atom. The molecule has 3 aliphatic rings. The van der Waals surface area contributed by atoms with Gasteiger partial charge < -0.3 is 15.1 Å². The van der Waals surface area contributed by atoms with Crippen molar-refractivity contribution in [3.05, 3.63) is 168 Å². The molecule has 2 aliphatic heterocycles. The second-order valence-electron chi connectivity index (χ2n) is 15.5. The van der Waals surface area contributed by atoms with Gasteiger partial charge in [0.15, 0.2) is 12.3 Å². The lowest BCUT2D eigenvalue weighted by Gasteiger charge is -2.31. The minimum Gasteiger partial charge on any atom is -0.481 e. The summed E-state index contributed by atoms with van der Waals surface area (Å²) in [5.74, 6) is -1.67. The van der Waals surface area contributed by atoms with E-state index in [2.05, 4.69) is 157 Å². The number of hydrogen-bond acceptors (Lipinski definition) is 3. The Kier molecular flexibility index (Phi) is 9.60. The lowest BCUT2D eigenvalue weighted by molar-refractivity contribution is -0.436. The van der Waals surface area contributed by atoms with E-state index in [4.69, 9.17) is 0 Å². The summed E-state index contributed by atoms with van der Waals surface area (Å²) in [5, 5.41) is 24.5. The number of nitrogens with zero attached hydrogens (tertiary/aromatic N) is 2. The van der Waals surface area contributed by atoms with Crippen LogP contribution in [0.2, 0.25) is 0 Å². The Labute approximate surface area is 322 Å². The molecule has 0 bridgehead atoms. The third-order valence-corrected chi connectivity index (χ3v) is 11.8. The monoisotopic (exact) mass is 727 g/mol. The van der Waals surface area contributed by atoms with E-state index in [1.807, 2.05) is 6.07 Å². The summed E-state index contributed by atoms with van der Waals surface area (Å²) in [6.07, 6.45) is 16.9. The molecule has 2 N–H and O–H groups in total. The first-order valence-corrected chi connectivity index (χ1v) is 19.4. The van der Waals surface area contributed by atoms with Gasteiger partial charge in [-0.2, -0.15) is 4.58 Å². The quantitative estimate of drug-likeness (QED) is 0.125. The van der Waals surface area contributed by atoms with Gasteiger partial charge in [0.25, 0.3) is 0 Å². The number of anilines is 1. The van der Waals surface area contributed by atoms with Crippen molar-refractivity contribution in [1.29, 1.82) is 0 Å². The molecule has 0 amide bonds. The van der Waals surface area contributed by atoms with Crippen LogP contribution in [0.3, 0.4) is 0 Å². The molecule has 0 aromatic heterocycles. The molecule has 5 aromatic rings. The van der Waals surface area contributed by atoms with Crippen LogP contribution in [0.1, 0.15) is 62.6 Å². The van der Waals surface area contributed by atoms with Gasteiger partial charge in [0.1, 0.15) is 6.42 Å². The lowest BCUT2D eigenvalue weighted by Crippen LogP contribution is -2.34.